The Labute approximate surface area is 155 Å². The van der Waals surface area contributed by atoms with Gasteiger partial charge in [-0.25, -0.2) is 0 Å². The highest BCUT2D eigenvalue weighted by Crippen LogP contribution is 2.18. The number of anilines is 1. The largest absolute Gasteiger partial charge is 0.370 e. The zero-order chi connectivity index (χ0) is 15.9. The fourth-order valence-electron chi connectivity index (χ4n) is 2.25. The van der Waals surface area contributed by atoms with E-state index in [0.717, 1.165) is 18.5 Å². The van der Waals surface area contributed by atoms with E-state index in [9.17, 15) is 0 Å². The Morgan fingerprint density at radius 3 is 2.83 bits per heavy atom. The maximum atomic E-state index is 5.94. The number of aliphatic imine (C=N–C) groups is 1. The normalized spacial score (nSPS) is 11.4. The fourth-order valence-corrected chi connectivity index (χ4v) is 2.25. The van der Waals surface area contributed by atoms with Crippen LogP contribution in [0.25, 0.3) is 0 Å². The molecule has 0 amide bonds. The first-order chi connectivity index (χ1) is 10.5. The molecule has 0 atom stereocenters. The van der Waals surface area contributed by atoms with E-state index in [2.05, 4.69) is 41.4 Å². The second kappa shape index (κ2) is 9.54. The predicted octanol–water partition coefficient (Wildman–Crippen LogP) is 3.52. The fraction of sp³-hybridized carbons (Fsp3) is 0.412. The van der Waals surface area contributed by atoms with Gasteiger partial charge in [0.15, 0.2) is 5.96 Å². The summed E-state index contributed by atoms with van der Waals surface area (Å²) in [4.78, 5) is 4.37. The molecule has 5 nitrogen and oxygen atoms in total. The van der Waals surface area contributed by atoms with Crippen molar-refractivity contribution in [2.45, 2.75) is 32.6 Å². The molecular formula is C17H26IN5. The third-order valence-corrected chi connectivity index (χ3v) is 3.49. The molecule has 0 bridgehead atoms. The minimum atomic E-state index is 0. The van der Waals surface area contributed by atoms with Crippen molar-refractivity contribution in [3.05, 3.63) is 47.8 Å². The van der Waals surface area contributed by atoms with E-state index in [-0.39, 0.29) is 24.0 Å². The SMILES string of the molecule is CC(C)c1cccc(NC(N)=NCCCc2cnn(C)c2)c1.I. The number of nitrogens with one attached hydrogen (secondary N) is 1. The van der Waals surface area contributed by atoms with E-state index in [4.69, 9.17) is 5.73 Å². The van der Waals surface area contributed by atoms with Crippen LogP contribution in [0.2, 0.25) is 0 Å². The Bertz CT molecular complexity index is 633. The average Bonchev–Trinajstić information content (AvgIpc) is 2.89. The molecule has 0 aliphatic rings. The van der Waals surface area contributed by atoms with Crippen LogP contribution >= 0.6 is 24.0 Å². The van der Waals surface area contributed by atoms with Crippen LogP contribution in [0.5, 0.6) is 0 Å². The van der Waals surface area contributed by atoms with Gasteiger partial charge in [-0.15, -0.1) is 24.0 Å². The molecule has 0 radical (unpaired) electrons. The minimum Gasteiger partial charge on any atom is -0.370 e. The second-order valence-electron chi connectivity index (χ2n) is 5.80. The Morgan fingerprint density at radius 1 is 1.39 bits per heavy atom. The zero-order valence-corrected chi connectivity index (χ0v) is 16.3. The number of benzene rings is 1. The summed E-state index contributed by atoms with van der Waals surface area (Å²) >= 11 is 0. The minimum absolute atomic E-state index is 0. The van der Waals surface area contributed by atoms with E-state index < -0.39 is 0 Å². The highest BCUT2D eigenvalue weighted by atomic mass is 127. The lowest BCUT2D eigenvalue weighted by atomic mass is 10.0. The predicted molar refractivity (Wildman–Crippen MR) is 108 cm³/mol. The standard InChI is InChI=1S/C17H25N5.HI/c1-13(2)15-7-4-8-16(10-15)21-17(18)19-9-5-6-14-11-20-22(3)12-14;/h4,7-8,10-13H,5-6,9H2,1-3H3,(H3,18,19,21);1H. The van der Waals surface area contributed by atoms with Gasteiger partial charge in [0.05, 0.1) is 6.20 Å². The van der Waals surface area contributed by atoms with E-state index in [1.165, 1.54) is 11.1 Å². The molecule has 0 spiro atoms. The van der Waals surface area contributed by atoms with Gasteiger partial charge in [0.25, 0.3) is 0 Å². The van der Waals surface area contributed by atoms with Crippen LogP contribution < -0.4 is 11.1 Å². The van der Waals surface area contributed by atoms with E-state index >= 15 is 0 Å². The van der Waals surface area contributed by atoms with Gasteiger partial charge in [-0.1, -0.05) is 26.0 Å². The molecule has 0 unspecified atom stereocenters. The third-order valence-electron chi connectivity index (χ3n) is 3.49. The number of nitrogens with two attached hydrogens (primary N) is 1. The Kier molecular flexibility index (Phi) is 8.08. The summed E-state index contributed by atoms with van der Waals surface area (Å²) in [7, 11) is 1.93. The van der Waals surface area contributed by atoms with Crippen molar-refractivity contribution in [2.24, 2.45) is 17.8 Å². The van der Waals surface area contributed by atoms with Gasteiger partial charge >= 0.3 is 0 Å². The average molecular weight is 427 g/mol. The van der Waals surface area contributed by atoms with Gasteiger partial charge in [0, 0.05) is 25.5 Å². The number of nitrogens with zero attached hydrogens (tertiary/aromatic N) is 3. The summed E-state index contributed by atoms with van der Waals surface area (Å²) < 4.78 is 1.82. The molecule has 0 saturated carbocycles. The van der Waals surface area contributed by atoms with E-state index in [1.54, 1.807) is 0 Å². The number of aromatic nitrogens is 2. The molecule has 0 fully saturated rings. The first-order valence-corrected chi connectivity index (χ1v) is 7.69. The number of rotatable bonds is 6. The van der Waals surface area contributed by atoms with Crippen LogP contribution in [0, 0.1) is 0 Å². The Hall–Kier alpha value is -1.57. The van der Waals surface area contributed by atoms with Crippen LogP contribution in [0.15, 0.2) is 41.7 Å². The van der Waals surface area contributed by atoms with Gasteiger partial charge in [0.2, 0.25) is 0 Å². The molecule has 0 aliphatic heterocycles. The van der Waals surface area contributed by atoms with E-state index in [0.29, 0.717) is 18.4 Å². The molecule has 23 heavy (non-hydrogen) atoms. The molecule has 0 aliphatic carbocycles. The molecule has 6 heteroatoms. The quantitative estimate of drug-likeness (QED) is 0.321. The van der Waals surface area contributed by atoms with Crippen molar-refractivity contribution in [3.8, 4) is 0 Å². The summed E-state index contributed by atoms with van der Waals surface area (Å²) in [5, 5.41) is 7.30. The molecule has 2 aromatic rings. The first-order valence-electron chi connectivity index (χ1n) is 7.69. The second-order valence-corrected chi connectivity index (χ2v) is 5.80. The molecule has 1 aromatic carbocycles. The lowest BCUT2D eigenvalue weighted by Crippen LogP contribution is -2.23. The third kappa shape index (κ3) is 6.60. The number of aryl methyl sites for hydroxylation is 2. The van der Waals surface area contributed by atoms with Crippen LogP contribution in [-0.4, -0.2) is 22.3 Å². The smallest absolute Gasteiger partial charge is 0.193 e. The molecule has 126 valence electrons. The molecule has 0 saturated heterocycles. The highest BCUT2D eigenvalue weighted by Gasteiger charge is 2.01. The highest BCUT2D eigenvalue weighted by molar-refractivity contribution is 14.0. The van der Waals surface area contributed by atoms with Crippen molar-refractivity contribution in [2.75, 3.05) is 11.9 Å². The summed E-state index contributed by atoms with van der Waals surface area (Å²) in [5.74, 6) is 0.964. The van der Waals surface area contributed by atoms with Crippen LogP contribution in [0.4, 0.5) is 5.69 Å². The molecular weight excluding hydrogens is 401 g/mol. The lowest BCUT2D eigenvalue weighted by Gasteiger charge is -2.09. The zero-order valence-electron chi connectivity index (χ0n) is 14.0. The summed E-state index contributed by atoms with van der Waals surface area (Å²) in [6, 6.07) is 8.27. The molecule has 1 heterocycles. The molecule has 3 N–H and O–H groups in total. The Balaban J connectivity index is 0.00000264. The van der Waals surface area contributed by atoms with Gasteiger partial charge in [-0.05, 0) is 42.0 Å². The van der Waals surface area contributed by atoms with Crippen molar-refractivity contribution in [3.63, 3.8) is 0 Å². The summed E-state index contributed by atoms with van der Waals surface area (Å²) in [6.07, 6.45) is 5.85. The van der Waals surface area contributed by atoms with Crippen molar-refractivity contribution < 1.29 is 0 Å². The maximum absolute atomic E-state index is 5.94. The molecule has 1 aromatic heterocycles. The van der Waals surface area contributed by atoms with Crippen molar-refractivity contribution in [1.29, 1.82) is 0 Å². The van der Waals surface area contributed by atoms with Gasteiger partial charge in [0.1, 0.15) is 0 Å². The van der Waals surface area contributed by atoms with E-state index in [1.807, 2.05) is 36.3 Å². The molecule has 2 rings (SSSR count). The lowest BCUT2D eigenvalue weighted by molar-refractivity contribution is 0.765. The summed E-state index contributed by atoms with van der Waals surface area (Å²) in [6.45, 7) is 5.06. The first kappa shape index (κ1) is 19.5. The van der Waals surface area contributed by atoms with Crippen molar-refractivity contribution in [1.82, 2.24) is 9.78 Å². The topological polar surface area (TPSA) is 68.2 Å². The number of halogens is 1. The summed E-state index contributed by atoms with van der Waals surface area (Å²) in [5.41, 5.74) is 9.44. The monoisotopic (exact) mass is 427 g/mol. The number of hydrogen-bond acceptors (Lipinski definition) is 2. The van der Waals surface area contributed by atoms with Crippen LogP contribution in [0.3, 0.4) is 0 Å². The van der Waals surface area contributed by atoms with Crippen LogP contribution in [-0.2, 0) is 13.5 Å². The van der Waals surface area contributed by atoms with Crippen LogP contribution in [0.1, 0.15) is 37.3 Å². The van der Waals surface area contributed by atoms with Gasteiger partial charge in [-0.3, -0.25) is 9.67 Å². The number of guanidine groups is 1. The van der Waals surface area contributed by atoms with Gasteiger partial charge < -0.3 is 11.1 Å². The maximum Gasteiger partial charge on any atom is 0.193 e. The Morgan fingerprint density at radius 2 is 2.17 bits per heavy atom. The van der Waals surface area contributed by atoms with Gasteiger partial charge in [-0.2, -0.15) is 5.10 Å². The van der Waals surface area contributed by atoms with Crippen molar-refractivity contribution >= 4 is 35.6 Å². The number of hydrogen-bond donors (Lipinski definition) is 2.